The molecule has 0 saturated carbocycles. The highest BCUT2D eigenvalue weighted by Gasteiger charge is 2.44. The Labute approximate surface area is 116 Å². The van der Waals surface area contributed by atoms with Crippen LogP contribution in [0.4, 0.5) is 10.1 Å². The lowest BCUT2D eigenvalue weighted by molar-refractivity contribution is -0.768. The van der Waals surface area contributed by atoms with Crippen molar-refractivity contribution >= 4 is 16.0 Å². The van der Waals surface area contributed by atoms with E-state index in [-0.39, 0.29) is 5.69 Å². The lowest BCUT2D eigenvalue weighted by Crippen LogP contribution is -2.52. The summed E-state index contributed by atoms with van der Waals surface area (Å²) in [6, 6.07) is 5.69. The van der Waals surface area contributed by atoms with E-state index in [1.807, 2.05) is 0 Å². The smallest absolute Gasteiger partial charge is 0.299 e. The van der Waals surface area contributed by atoms with Gasteiger partial charge in [0.15, 0.2) is 5.82 Å². The van der Waals surface area contributed by atoms with Gasteiger partial charge >= 0.3 is 0 Å². The first-order valence-electron chi connectivity index (χ1n) is 5.64. The van der Waals surface area contributed by atoms with Crippen molar-refractivity contribution in [2.75, 3.05) is 14.1 Å². The number of hydrogen-bond acceptors (Lipinski definition) is 6. The van der Waals surface area contributed by atoms with E-state index in [2.05, 4.69) is 10.2 Å². The quantitative estimate of drug-likeness (QED) is 0.481. The number of rotatable bonds is 3. The molecule has 2 unspecified atom stereocenters. The van der Waals surface area contributed by atoms with Crippen LogP contribution in [0.1, 0.15) is 0 Å². The van der Waals surface area contributed by atoms with Gasteiger partial charge in [-0.05, 0) is 12.1 Å². The first kappa shape index (κ1) is 14.6. The molecule has 0 spiro atoms. The third-order valence-corrected chi connectivity index (χ3v) is 4.30. The van der Waals surface area contributed by atoms with Gasteiger partial charge in [0.05, 0.1) is 13.2 Å². The zero-order valence-electron chi connectivity index (χ0n) is 10.8. The lowest BCUT2D eigenvalue weighted by atomic mass is 10.3. The number of quaternary nitrogens is 1. The summed E-state index contributed by atoms with van der Waals surface area (Å²) in [5.41, 5.74) is -0.0253. The highest BCUT2D eigenvalue weighted by atomic mass is 32.2. The van der Waals surface area contributed by atoms with Crippen molar-refractivity contribution in [1.82, 2.24) is 4.90 Å². The van der Waals surface area contributed by atoms with Gasteiger partial charge in [-0.1, -0.05) is 12.1 Å². The average Bonchev–Trinajstić information content (AvgIpc) is 2.66. The second-order valence-corrected chi connectivity index (χ2v) is 6.11. The molecule has 0 aliphatic carbocycles. The Hall–Kier alpha value is -1.84. The van der Waals surface area contributed by atoms with Crippen molar-refractivity contribution in [3.05, 3.63) is 42.5 Å². The Balaban J connectivity index is 2.35. The Morgan fingerprint density at radius 3 is 2.65 bits per heavy atom. The molecule has 2 atom stereocenters. The van der Waals surface area contributed by atoms with Gasteiger partial charge in [-0.25, -0.2) is 4.39 Å². The molecule has 1 heterocycles. The summed E-state index contributed by atoms with van der Waals surface area (Å²) in [4.78, 5) is 1.42. The molecule has 0 N–H and O–H groups in total. The second-order valence-electron chi connectivity index (χ2n) is 4.46. The first-order valence-corrected chi connectivity index (χ1v) is 7.01. The van der Waals surface area contributed by atoms with Crippen molar-refractivity contribution in [2.24, 2.45) is 10.2 Å². The van der Waals surface area contributed by atoms with Crippen molar-refractivity contribution in [1.29, 1.82) is 0 Å². The van der Waals surface area contributed by atoms with Crippen molar-refractivity contribution in [3.63, 3.8) is 0 Å². The largest absolute Gasteiger partial charge is 0.701 e. The molecule has 0 radical (unpaired) electrons. The molecule has 0 aromatic heterocycles. The van der Waals surface area contributed by atoms with E-state index in [0.717, 1.165) is 0 Å². The van der Waals surface area contributed by atoms with Gasteiger partial charge in [-0.3, -0.25) is 0 Å². The maximum absolute atomic E-state index is 13.4. The predicted octanol–water partition coefficient (Wildman–Crippen LogP) is 1.52. The number of azo groups is 1. The van der Waals surface area contributed by atoms with Crippen molar-refractivity contribution < 1.29 is 21.2 Å². The van der Waals surface area contributed by atoms with Crippen LogP contribution >= 0.6 is 0 Å². The molecule has 1 aliphatic heterocycles. The van der Waals surface area contributed by atoms with E-state index < -0.39 is 26.3 Å². The number of benzene rings is 1. The highest BCUT2D eigenvalue weighted by Crippen LogP contribution is 2.28. The Morgan fingerprint density at radius 1 is 1.40 bits per heavy atom. The maximum Gasteiger partial charge on any atom is 0.299 e. The van der Waals surface area contributed by atoms with Crippen LogP contribution in [0.15, 0.2) is 46.9 Å². The molecule has 0 fully saturated rings. The molecule has 0 bridgehead atoms. The van der Waals surface area contributed by atoms with E-state index in [1.165, 1.54) is 42.5 Å². The van der Waals surface area contributed by atoms with Crippen LogP contribution < -0.4 is 0 Å². The highest BCUT2D eigenvalue weighted by molar-refractivity contribution is 7.80. The van der Waals surface area contributed by atoms with Crippen molar-refractivity contribution in [2.45, 2.75) is 6.29 Å². The third-order valence-electron chi connectivity index (χ3n) is 3.02. The zero-order valence-corrected chi connectivity index (χ0v) is 11.7. The van der Waals surface area contributed by atoms with Crippen LogP contribution in [-0.2, 0) is 10.3 Å². The molecule has 0 saturated heterocycles. The van der Waals surface area contributed by atoms with E-state index in [4.69, 9.17) is 0 Å². The summed E-state index contributed by atoms with van der Waals surface area (Å²) < 4.78 is 46.5. The monoisotopic (exact) mass is 300 g/mol. The molecule has 2 rings (SSSR count). The van der Waals surface area contributed by atoms with E-state index in [1.54, 1.807) is 13.1 Å². The minimum atomic E-state index is -4.69. The summed E-state index contributed by atoms with van der Waals surface area (Å²) >= 11 is 0. The van der Waals surface area contributed by atoms with Gasteiger partial charge in [-0.2, -0.15) is 12.3 Å². The van der Waals surface area contributed by atoms with Crippen LogP contribution in [0.2, 0.25) is 0 Å². The van der Waals surface area contributed by atoms with Gasteiger partial charge < -0.3 is 9.45 Å². The Bertz CT molecular complexity index is 676. The topological polar surface area (TPSA) is 85.2 Å². The fraction of sp³-hybridized carbons (Fsp3) is 0.273. The molecular formula is C11H13FN4O3S. The second kappa shape index (κ2) is 4.93. The van der Waals surface area contributed by atoms with Gasteiger partial charge in [0.25, 0.3) is 16.6 Å². The third kappa shape index (κ3) is 2.42. The molecule has 108 valence electrons. The number of nitrogens with zero attached hydrogens (tertiary/aromatic N) is 4. The minimum Gasteiger partial charge on any atom is -0.701 e. The van der Waals surface area contributed by atoms with E-state index in [9.17, 15) is 17.4 Å². The zero-order chi connectivity index (χ0) is 15.0. The molecule has 0 amide bonds. The predicted molar refractivity (Wildman–Crippen MR) is 67.5 cm³/mol. The van der Waals surface area contributed by atoms with Crippen molar-refractivity contribution in [3.8, 4) is 0 Å². The Kier molecular flexibility index (Phi) is 3.59. The molecular weight excluding hydrogens is 287 g/mol. The van der Waals surface area contributed by atoms with Gasteiger partial charge in [0, 0.05) is 7.05 Å². The van der Waals surface area contributed by atoms with Crippen LogP contribution in [0.5, 0.6) is 0 Å². The molecule has 1 aromatic rings. The van der Waals surface area contributed by atoms with E-state index >= 15 is 0 Å². The minimum absolute atomic E-state index is 0.0253. The summed E-state index contributed by atoms with van der Waals surface area (Å²) in [5.74, 6) is -0.580. The van der Waals surface area contributed by atoms with Crippen LogP contribution in [0.3, 0.4) is 0 Å². The lowest BCUT2D eigenvalue weighted by Gasteiger charge is -2.33. The van der Waals surface area contributed by atoms with E-state index in [0.29, 0.717) is 0 Å². The number of hydrogen-bond donors (Lipinski definition) is 0. The van der Waals surface area contributed by atoms with Gasteiger partial charge in [0.1, 0.15) is 11.9 Å². The molecule has 1 aliphatic rings. The average molecular weight is 300 g/mol. The summed E-state index contributed by atoms with van der Waals surface area (Å²) in [5, 5.41) is 7.49. The van der Waals surface area contributed by atoms with Crippen LogP contribution in [0.25, 0.3) is 0 Å². The fourth-order valence-electron chi connectivity index (χ4n) is 1.77. The van der Waals surface area contributed by atoms with Gasteiger partial charge in [0.2, 0.25) is 0 Å². The maximum atomic E-state index is 13.4. The van der Waals surface area contributed by atoms with Crippen LogP contribution in [0, 0.1) is 5.82 Å². The first-order chi connectivity index (χ1) is 9.25. The normalized spacial score (nSPS) is 26.6. The molecule has 9 heteroatoms. The Morgan fingerprint density at radius 2 is 2.05 bits per heavy atom. The summed E-state index contributed by atoms with van der Waals surface area (Å²) in [7, 11) is -1.93. The summed E-state index contributed by atoms with van der Waals surface area (Å²) in [6.45, 7) is 0. The fourth-order valence-corrected chi connectivity index (χ4v) is 2.40. The van der Waals surface area contributed by atoms with Crippen LogP contribution in [-0.4, -0.2) is 42.1 Å². The molecule has 1 aromatic carbocycles. The number of halogens is 1. The SMILES string of the molecule is CN1C=C[N+](C)(S(=O)(=O)[O-])C1N=Nc1ccccc1F. The van der Waals surface area contributed by atoms with Gasteiger partial charge in [-0.15, -0.1) is 10.2 Å². The standard InChI is InChI=1S/C11H13FN4O3S/c1-15-7-8-16(2,20(17,18)19)11(15)14-13-10-6-4-3-5-9(10)12/h3-8,11H,1-2H3. The molecule has 20 heavy (non-hydrogen) atoms. The molecule has 7 nitrogen and oxygen atoms in total. The summed E-state index contributed by atoms with van der Waals surface area (Å²) in [6.07, 6.45) is 1.53.